The summed E-state index contributed by atoms with van der Waals surface area (Å²) in [6.07, 6.45) is 0. The van der Waals surface area contributed by atoms with Gasteiger partial charge in [-0.1, -0.05) is 28.4 Å². The van der Waals surface area contributed by atoms with Crippen LogP contribution in [0.5, 0.6) is 0 Å². The quantitative estimate of drug-likeness (QED) is 0.742. The average Bonchev–Trinajstić information content (AvgIpc) is 3.08. The maximum Gasteiger partial charge on any atom is 0.279 e. The molecule has 3 aromatic rings. The summed E-state index contributed by atoms with van der Waals surface area (Å²) in [4.78, 5) is 16.3. The molecule has 2 heterocycles. The molecule has 1 N–H and O–H groups in total. The third-order valence-electron chi connectivity index (χ3n) is 2.79. The molecule has 0 fully saturated rings. The zero-order valence-corrected chi connectivity index (χ0v) is 13.6. The Kier molecular flexibility index (Phi) is 4.15. The molecule has 0 aliphatic carbocycles. The summed E-state index contributed by atoms with van der Waals surface area (Å²) >= 11 is 13.3. The second-order valence-corrected chi connectivity index (χ2v) is 6.14. The smallest absolute Gasteiger partial charge is 0.279 e. The SMILES string of the molecule is Cc1cc(C(=O)Nc2nc(-c3ccc(Cl)cc3Cl)cs2)no1. The Balaban J connectivity index is 1.80. The molecule has 22 heavy (non-hydrogen) atoms. The lowest BCUT2D eigenvalue weighted by Gasteiger charge is -2.01. The van der Waals surface area contributed by atoms with E-state index < -0.39 is 0 Å². The lowest BCUT2D eigenvalue weighted by atomic mass is 10.2. The minimum Gasteiger partial charge on any atom is -0.361 e. The minimum atomic E-state index is -0.375. The molecule has 0 spiro atoms. The van der Waals surface area contributed by atoms with Crippen molar-refractivity contribution in [3.05, 3.63) is 51.1 Å². The molecule has 0 saturated heterocycles. The van der Waals surface area contributed by atoms with Gasteiger partial charge in [-0.05, 0) is 25.1 Å². The molecular formula is C14H9Cl2N3O2S. The Morgan fingerprint density at radius 1 is 1.32 bits per heavy atom. The third kappa shape index (κ3) is 3.14. The van der Waals surface area contributed by atoms with Crippen LogP contribution in [0.25, 0.3) is 11.3 Å². The van der Waals surface area contributed by atoms with Crippen molar-refractivity contribution in [2.75, 3.05) is 5.32 Å². The van der Waals surface area contributed by atoms with Gasteiger partial charge in [-0.15, -0.1) is 11.3 Å². The van der Waals surface area contributed by atoms with E-state index in [4.69, 9.17) is 27.7 Å². The van der Waals surface area contributed by atoms with Gasteiger partial charge in [-0.3, -0.25) is 10.1 Å². The van der Waals surface area contributed by atoms with Gasteiger partial charge in [0.05, 0.1) is 10.7 Å². The first kappa shape index (κ1) is 15.0. The predicted octanol–water partition coefficient (Wildman–Crippen LogP) is 4.67. The highest BCUT2D eigenvalue weighted by Gasteiger charge is 2.14. The van der Waals surface area contributed by atoms with Gasteiger partial charge < -0.3 is 4.52 Å². The van der Waals surface area contributed by atoms with Gasteiger partial charge in [-0.2, -0.15) is 0 Å². The number of carbonyl (C=O) groups is 1. The van der Waals surface area contributed by atoms with Crippen molar-refractivity contribution in [2.45, 2.75) is 6.92 Å². The summed E-state index contributed by atoms with van der Waals surface area (Å²) < 4.78 is 4.87. The maximum atomic E-state index is 12.0. The van der Waals surface area contributed by atoms with Gasteiger partial charge in [0.15, 0.2) is 10.8 Å². The lowest BCUT2D eigenvalue weighted by Crippen LogP contribution is -2.11. The molecule has 8 heteroatoms. The van der Waals surface area contributed by atoms with E-state index in [1.807, 2.05) is 0 Å². The molecule has 0 aliphatic rings. The molecule has 1 aromatic carbocycles. The molecule has 0 unspecified atom stereocenters. The standard InChI is InChI=1S/C14H9Cl2N3O2S/c1-7-4-11(19-21-7)13(20)18-14-17-12(6-22-14)9-3-2-8(15)5-10(9)16/h2-6H,1H3,(H,17,18,20). The van der Waals surface area contributed by atoms with Crippen LogP contribution in [-0.2, 0) is 0 Å². The van der Waals surface area contributed by atoms with Crippen LogP contribution in [0.1, 0.15) is 16.2 Å². The minimum absolute atomic E-state index is 0.207. The number of rotatable bonds is 3. The van der Waals surface area contributed by atoms with E-state index in [0.29, 0.717) is 26.6 Å². The highest BCUT2D eigenvalue weighted by molar-refractivity contribution is 7.14. The van der Waals surface area contributed by atoms with Gasteiger partial charge >= 0.3 is 0 Å². The molecule has 0 aliphatic heterocycles. The number of hydrogen-bond donors (Lipinski definition) is 1. The summed E-state index contributed by atoms with van der Waals surface area (Å²) in [5.74, 6) is 0.192. The fraction of sp³-hybridized carbons (Fsp3) is 0.0714. The topological polar surface area (TPSA) is 68.0 Å². The molecule has 0 saturated carbocycles. The molecule has 112 valence electrons. The van der Waals surface area contributed by atoms with E-state index in [9.17, 15) is 4.79 Å². The van der Waals surface area contributed by atoms with Gasteiger partial charge in [0.25, 0.3) is 5.91 Å². The maximum absolute atomic E-state index is 12.0. The Morgan fingerprint density at radius 3 is 2.82 bits per heavy atom. The summed E-state index contributed by atoms with van der Waals surface area (Å²) in [7, 11) is 0. The van der Waals surface area contributed by atoms with Crippen LogP contribution in [0.3, 0.4) is 0 Å². The van der Waals surface area contributed by atoms with Crippen LogP contribution in [0.15, 0.2) is 34.2 Å². The first-order chi connectivity index (χ1) is 10.5. The largest absolute Gasteiger partial charge is 0.361 e. The Morgan fingerprint density at radius 2 is 2.14 bits per heavy atom. The zero-order chi connectivity index (χ0) is 15.7. The van der Waals surface area contributed by atoms with Crippen molar-refractivity contribution >= 4 is 45.6 Å². The fourth-order valence-electron chi connectivity index (χ4n) is 1.79. The van der Waals surface area contributed by atoms with E-state index in [-0.39, 0.29) is 11.6 Å². The molecular weight excluding hydrogens is 345 g/mol. The molecule has 2 aromatic heterocycles. The highest BCUT2D eigenvalue weighted by atomic mass is 35.5. The van der Waals surface area contributed by atoms with E-state index in [1.165, 1.54) is 11.3 Å². The monoisotopic (exact) mass is 353 g/mol. The lowest BCUT2D eigenvalue weighted by molar-refractivity contribution is 0.101. The average molecular weight is 354 g/mol. The number of thiazole rings is 1. The fourth-order valence-corrected chi connectivity index (χ4v) is 3.00. The second kappa shape index (κ2) is 6.08. The second-order valence-electron chi connectivity index (χ2n) is 4.44. The van der Waals surface area contributed by atoms with E-state index in [1.54, 1.807) is 36.6 Å². The number of hydrogen-bond acceptors (Lipinski definition) is 5. The van der Waals surface area contributed by atoms with Crippen LogP contribution in [0.4, 0.5) is 5.13 Å². The van der Waals surface area contributed by atoms with Crippen LogP contribution < -0.4 is 5.32 Å². The van der Waals surface area contributed by atoms with Crippen LogP contribution in [0.2, 0.25) is 10.0 Å². The Hall–Kier alpha value is -1.89. The molecule has 3 rings (SSSR count). The third-order valence-corrected chi connectivity index (χ3v) is 4.10. The van der Waals surface area contributed by atoms with Crippen molar-refractivity contribution in [3.63, 3.8) is 0 Å². The number of carbonyl (C=O) groups excluding carboxylic acids is 1. The van der Waals surface area contributed by atoms with Crippen LogP contribution in [-0.4, -0.2) is 16.0 Å². The van der Waals surface area contributed by atoms with Gasteiger partial charge in [0.1, 0.15) is 5.76 Å². The number of anilines is 1. The molecule has 0 radical (unpaired) electrons. The number of aromatic nitrogens is 2. The number of nitrogens with zero attached hydrogens (tertiary/aromatic N) is 2. The summed E-state index contributed by atoms with van der Waals surface area (Å²) in [6.45, 7) is 1.72. The van der Waals surface area contributed by atoms with Crippen LogP contribution >= 0.6 is 34.5 Å². The summed E-state index contributed by atoms with van der Waals surface area (Å²) in [6, 6.07) is 6.72. The van der Waals surface area contributed by atoms with Crippen molar-refractivity contribution in [2.24, 2.45) is 0 Å². The van der Waals surface area contributed by atoms with Gasteiger partial charge in [0.2, 0.25) is 0 Å². The van der Waals surface area contributed by atoms with Gasteiger partial charge in [-0.25, -0.2) is 4.98 Å². The molecule has 1 amide bonds. The number of halogens is 2. The number of benzene rings is 1. The van der Waals surface area contributed by atoms with Crippen molar-refractivity contribution in [3.8, 4) is 11.3 Å². The van der Waals surface area contributed by atoms with E-state index >= 15 is 0 Å². The van der Waals surface area contributed by atoms with Crippen molar-refractivity contribution in [1.82, 2.24) is 10.1 Å². The Bertz CT molecular complexity index is 844. The van der Waals surface area contributed by atoms with Crippen molar-refractivity contribution < 1.29 is 9.32 Å². The number of nitrogens with one attached hydrogen (secondary N) is 1. The van der Waals surface area contributed by atoms with Crippen LogP contribution in [0, 0.1) is 6.92 Å². The first-order valence-corrected chi connectivity index (χ1v) is 7.82. The molecule has 0 atom stereocenters. The van der Waals surface area contributed by atoms with Crippen molar-refractivity contribution in [1.29, 1.82) is 0 Å². The number of amides is 1. The first-order valence-electron chi connectivity index (χ1n) is 6.18. The number of aryl methyl sites for hydroxylation is 1. The van der Waals surface area contributed by atoms with E-state index in [0.717, 1.165) is 5.56 Å². The highest BCUT2D eigenvalue weighted by Crippen LogP contribution is 2.32. The van der Waals surface area contributed by atoms with Gasteiger partial charge in [0, 0.05) is 22.0 Å². The molecule has 0 bridgehead atoms. The predicted molar refractivity (Wildman–Crippen MR) is 86.8 cm³/mol. The van der Waals surface area contributed by atoms with E-state index in [2.05, 4.69) is 15.5 Å². The Labute approximate surface area is 139 Å². The molecule has 5 nitrogen and oxygen atoms in total. The summed E-state index contributed by atoms with van der Waals surface area (Å²) in [5.41, 5.74) is 1.62. The zero-order valence-electron chi connectivity index (χ0n) is 11.3. The summed E-state index contributed by atoms with van der Waals surface area (Å²) in [5, 5.41) is 9.64. The normalized spacial score (nSPS) is 10.7.